The van der Waals surface area contributed by atoms with Gasteiger partial charge in [-0.25, -0.2) is 0 Å². The molecule has 0 fully saturated rings. The zero-order valence-corrected chi connectivity index (χ0v) is 13.0. The van der Waals surface area contributed by atoms with Crippen molar-refractivity contribution < 1.29 is 14.6 Å². The molecule has 0 bridgehead atoms. The van der Waals surface area contributed by atoms with Gasteiger partial charge in [-0.3, -0.25) is 4.79 Å². The fourth-order valence-corrected chi connectivity index (χ4v) is 1.56. The fourth-order valence-electron chi connectivity index (χ4n) is 1.56. The van der Waals surface area contributed by atoms with Crippen LogP contribution in [0.2, 0.25) is 0 Å². The van der Waals surface area contributed by atoms with Crippen LogP contribution in [-0.4, -0.2) is 41.7 Å². The second-order valence-electron chi connectivity index (χ2n) is 6.07. The molecule has 1 N–H and O–H groups in total. The first kappa shape index (κ1) is 16.5. The molecule has 1 amide bonds. The molecule has 0 atom stereocenters. The normalized spacial score (nSPS) is 11.6. The number of benzene rings is 1. The van der Waals surface area contributed by atoms with Crippen LogP contribution >= 0.6 is 0 Å². The lowest BCUT2D eigenvalue weighted by Crippen LogP contribution is -2.47. The van der Waals surface area contributed by atoms with E-state index in [-0.39, 0.29) is 12.5 Å². The standard InChI is InChI=1S/C16H25NO3/c1-12(2)10-20-14-8-6-7-13(9-14)15(19)17(5)16(3,4)11-18/h6-9,12,18H,10-11H2,1-5H3. The summed E-state index contributed by atoms with van der Waals surface area (Å²) in [6.45, 7) is 8.33. The lowest BCUT2D eigenvalue weighted by atomic mass is 10.0. The highest BCUT2D eigenvalue weighted by Crippen LogP contribution is 2.19. The summed E-state index contributed by atoms with van der Waals surface area (Å²) in [7, 11) is 1.69. The maximum Gasteiger partial charge on any atom is 0.254 e. The van der Waals surface area contributed by atoms with Gasteiger partial charge < -0.3 is 14.7 Å². The van der Waals surface area contributed by atoms with Crippen LogP contribution in [0, 0.1) is 5.92 Å². The van der Waals surface area contributed by atoms with Gasteiger partial charge >= 0.3 is 0 Å². The van der Waals surface area contributed by atoms with Crippen LogP contribution in [0.15, 0.2) is 24.3 Å². The van der Waals surface area contributed by atoms with Gasteiger partial charge in [0.2, 0.25) is 0 Å². The lowest BCUT2D eigenvalue weighted by Gasteiger charge is -2.34. The van der Waals surface area contributed by atoms with Gasteiger partial charge in [0.05, 0.1) is 18.8 Å². The number of nitrogens with zero attached hydrogens (tertiary/aromatic N) is 1. The van der Waals surface area contributed by atoms with Crippen molar-refractivity contribution in [3.05, 3.63) is 29.8 Å². The minimum absolute atomic E-state index is 0.0845. The summed E-state index contributed by atoms with van der Waals surface area (Å²) in [5.41, 5.74) is -0.0263. The predicted octanol–water partition coefficient (Wildman–Crippen LogP) is 2.56. The molecule has 1 rings (SSSR count). The van der Waals surface area contributed by atoms with E-state index in [0.29, 0.717) is 23.8 Å². The van der Waals surface area contributed by atoms with Gasteiger partial charge in [-0.05, 0) is 38.0 Å². The molecule has 1 aromatic rings. The molecule has 0 spiro atoms. The summed E-state index contributed by atoms with van der Waals surface area (Å²) in [6.07, 6.45) is 0. The largest absolute Gasteiger partial charge is 0.493 e. The van der Waals surface area contributed by atoms with E-state index in [9.17, 15) is 9.90 Å². The van der Waals surface area contributed by atoms with E-state index >= 15 is 0 Å². The Balaban J connectivity index is 2.86. The molecule has 0 saturated carbocycles. The first-order valence-electron chi connectivity index (χ1n) is 6.90. The summed E-state index contributed by atoms with van der Waals surface area (Å²) in [6, 6.07) is 7.15. The highest BCUT2D eigenvalue weighted by atomic mass is 16.5. The van der Waals surface area contributed by atoms with Gasteiger partial charge in [-0.2, -0.15) is 0 Å². The summed E-state index contributed by atoms with van der Waals surface area (Å²) in [4.78, 5) is 13.9. The number of hydrogen-bond acceptors (Lipinski definition) is 3. The van der Waals surface area contributed by atoms with E-state index in [2.05, 4.69) is 13.8 Å². The van der Waals surface area contributed by atoms with E-state index in [4.69, 9.17) is 4.74 Å². The van der Waals surface area contributed by atoms with Crippen molar-refractivity contribution in [3.8, 4) is 5.75 Å². The molecule has 0 aliphatic carbocycles. The van der Waals surface area contributed by atoms with Gasteiger partial charge in [0.15, 0.2) is 0 Å². The van der Waals surface area contributed by atoms with Crippen molar-refractivity contribution >= 4 is 5.91 Å². The highest BCUT2D eigenvalue weighted by molar-refractivity contribution is 5.94. The lowest BCUT2D eigenvalue weighted by molar-refractivity contribution is 0.0473. The SMILES string of the molecule is CC(C)COc1cccc(C(=O)N(C)C(C)(C)CO)c1. The fraction of sp³-hybridized carbons (Fsp3) is 0.562. The van der Waals surface area contributed by atoms with Gasteiger partial charge in [0, 0.05) is 12.6 Å². The number of hydrogen-bond donors (Lipinski definition) is 1. The Kier molecular flexibility index (Phi) is 5.57. The van der Waals surface area contributed by atoms with Crippen LogP contribution in [-0.2, 0) is 0 Å². The molecule has 0 unspecified atom stereocenters. The molecule has 1 aromatic carbocycles. The summed E-state index contributed by atoms with van der Waals surface area (Å²) >= 11 is 0. The molecule has 4 nitrogen and oxygen atoms in total. The molecule has 112 valence electrons. The summed E-state index contributed by atoms with van der Waals surface area (Å²) in [5.74, 6) is 1.00. The smallest absolute Gasteiger partial charge is 0.254 e. The topological polar surface area (TPSA) is 49.8 Å². The second kappa shape index (κ2) is 6.75. The van der Waals surface area contributed by atoms with E-state index < -0.39 is 5.54 Å². The zero-order chi connectivity index (χ0) is 15.3. The Morgan fingerprint density at radius 2 is 2.05 bits per heavy atom. The molecular formula is C16H25NO3. The van der Waals surface area contributed by atoms with Crippen LogP contribution in [0.1, 0.15) is 38.1 Å². The Morgan fingerprint density at radius 1 is 1.40 bits per heavy atom. The Morgan fingerprint density at radius 3 is 2.60 bits per heavy atom. The number of carbonyl (C=O) groups excluding carboxylic acids is 1. The highest BCUT2D eigenvalue weighted by Gasteiger charge is 2.27. The third-order valence-electron chi connectivity index (χ3n) is 3.26. The third kappa shape index (κ3) is 4.23. The molecule has 0 heterocycles. The molecule has 4 heteroatoms. The molecule has 20 heavy (non-hydrogen) atoms. The average Bonchev–Trinajstić information content (AvgIpc) is 2.43. The van der Waals surface area contributed by atoms with Crippen molar-refractivity contribution in [2.24, 2.45) is 5.92 Å². The Hall–Kier alpha value is -1.55. The van der Waals surface area contributed by atoms with Crippen molar-refractivity contribution in [2.75, 3.05) is 20.3 Å². The second-order valence-corrected chi connectivity index (χ2v) is 6.07. The maximum absolute atomic E-state index is 12.4. The number of rotatable bonds is 6. The molecule has 0 aliphatic rings. The van der Waals surface area contributed by atoms with E-state index in [1.165, 1.54) is 0 Å². The molecular weight excluding hydrogens is 254 g/mol. The summed E-state index contributed by atoms with van der Waals surface area (Å²) < 4.78 is 5.63. The Labute approximate surface area is 121 Å². The van der Waals surface area contributed by atoms with Crippen LogP contribution < -0.4 is 4.74 Å². The van der Waals surface area contributed by atoms with Crippen molar-refractivity contribution in [2.45, 2.75) is 33.2 Å². The Bertz CT molecular complexity index is 455. The average molecular weight is 279 g/mol. The summed E-state index contributed by atoms with van der Waals surface area (Å²) in [5, 5.41) is 9.34. The first-order chi connectivity index (χ1) is 9.27. The van der Waals surface area contributed by atoms with Gasteiger partial charge in [0.25, 0.3) is 5.91 Å². The molecule has 0 aliphatic heterocycles. The van der Waals surface area contributed by atoms with Gasteiger partial charge in [0.1, 0.15) is 5.75 Å². The molecule has 0 aromatic heterocycles. The minimum atomic E-state index is -0.591. The van der Waals surface area contributed by atoms with E-state index in [1.807, 2.05) is 26.0 Å². The van der Waals surface area contributed by atoms with Crippen molar-refractivity contribution in [1.29, 1.82) is 0 Å². The number of amides is 1. The number of aliphatic hydroxyl groups excluding tert-OH is 1. The molecule has 0 radical (unpaired) electrons. The van der Waals surface area contributed by atoms with E-state index in [0.717, 1.165) is 0 Å². The van der Waals surface area contributed by atoms with Crippen molar-refractivity contribution in [3.63, 3.8) is 0 Å². The monoisotopic (exact) mass is 279 g/mol. The van der Waals surface area contributed by atoms with Gasteiger partial charge in [-0.1, -0.05) is 19.9 Å². The third-order valence-corrected chi connectivity index (χ3v) is 3.26. The minimum Gasteiger partial charge on any atom is -0.493 e. The number of likely N-dealkylation sites (N-methyl/N-ethyl adjacent to an activating group) is 1. The van der Waals surface area contributed by atoms with Crippen molar-refractivity contribution in [1.82, 2.24) is 4.90 Å². The van der Waals surface area contributed by atoms with Crippen LogP contribution in [0.5, 0.6) is 5.75 Å². The van der Waals surface area contributed by atoms with Gasteiger partial charge in [-0.15, -0.1) is 0 Å². The van der Waals surface area contributed by atoms with Crippen LogP contribution in [0.4, 0.5) is 0 Å². The predicted molar refractivity (Wildman–Crippen MR) is 80.0 cm³/mol. The number of carbonyl (C=O) groups is 1. The first-order valence-corrected chi connectivity index (χ1v) is 6.90. The van der Waals surface area contributed by atoms with Crippen LogP contribution in [0.25, 0.3) is 0 Å². The quantitative estimate of drug-likeness (QED) is 0.870. The number of ether oxygens (including phenoxy) is 1. The van der Waals surface area contributed by atoms with Crippen LogP contribution in [0.3, 0.4) is 0 Å². The zero-order valence-electron chi connectivity index (χ0n) is 13.0. The molecule has 0 saturated heterocycles. The maximum atomic E-state index is 12.4. The van der Waals surface area contributed by atoms with E-state index in [1.54, 1.807) is 24.1 Å². The number of aliphatic hydroxyl groups is 1.